The molecular formula is C18H15ClN2O2. The highest BCUT2D eigenvalue weighted by atomic mass is 35.5. The van der Waals surface area contributed by atoms with Gasteiger partial charge in [0.1, 0.15) is 5.75 Å². The minimum atomic E-state index is -0.669. The van der Waals surface area contributed by atoms with Gasteiger partial charge in [-0.2, -0.15) is 0 Å². The van der Waals surface area contributed by atoms with Crippen LogP contribution in [0.3, 0.4) is 0 Å². The van der Waals surface area contributed by atoms with Crippen LogP contribution in [-0.4, -0.2) is 11.1 Å². The van der Waals surface area contributed by atoms with Crippen molar-refractivity contribution in [2.24, 2.45) is 5.73 Å². The van der Waals surface area contributed by atoms with Crippen LogP contribution in [-0.2, 0) is 0 Å². The van der Waals surface area contributed by atoms with Crippen molar-refractivity contribution >= 4 is 28.4 Å². The Morgan fingerprint density at radius 2 is 1.74 bits per heavy atom. The molecule has 4 N–H and O–H groups in total. The molecule has 0 saturated carbocycles. The number of carbonyl (C=O) groups excluding carboxylic acids is 1. The molecular weight excluding hydrogens is 312 g/mol. The number of carbonyl (C=O) groups is 1. The van der Waals surface area contributed by atoms with Gasteiger partial charge in [-0.25, -0.2) is 4.79 Å². The molecule has 0 aromatic heterocycles. The van der Waals surface area contributed by atoms with E-state index in [0.29, 0.717) is 10.6 Å². The van der Waals surface area contributed by atoms with Crippen LogP contribution >= 0.6 is 11.6 Å². The van der Waals surface area contributed by atoms with Gasteiger partial charge in [0, 0.05) is 10.6 Å². The van der Waals surface area contributed by atoms with E-state index >= 15 is 0 Å². The van der Waals surface area contributed by atoms with Crippen LogP contribution in [0.1, 0.15) is 17.2 Å². The molecule has 0 aliphatic heterocycles. The van der Waals surface area contributed by atoms with E-state index in [1.165, 1.54) is 0 Å². The van der Waals surface area contributed by atoms with E-state index < -0.39 is 12.1 Å². The zero-order valence-electron chi connectivity index (χ0n) is 12.2. The molecule has 23 heavy (non-hydrogen) atoms. The molecule has 1 unspecified atom stereocenters. The molecule has 0 aliphatic carbocycles. The third-order valence-corrected chi connectivity index (χ3v) is 3.98. The fourth-order valence-electron chi connectivity index (χ4n) is 2.71. The minimum Gasteiger partial charge on any atom is -0.508 e. The SMILES string of the molecule is NC(=O)NC(c1ccc(Cl)cc1)c1c(O)ccc2ccccc12. The Hall–Kier alpha value is -2.72. The van der Waals surface area contributed by atoms with Crippen molar-refractivity contribution in [2.75, 3.05) is 0 Å². The number of nitrogens with one attached hydrogen (secondary N) is 1. The lowest BCUT2D eigenvalue weighted by atomic mass is 9.93. The van der Waals surface area contributed by atoms with Crippen molar-refractivity contribution in [1.29, 1.82) is 0 Å². The van der Waals surface area contributed by atoms with E-state index in [0.717, 1.165) is 16.3 Å². The number of fused-ring (bicyclic) bond motifs is 1. The first-order chi connectivity index (χ1) is 11.1. The minimum absolute atomic E-state index is 0.0948. The first kappa shape index (κ1) is 15.2. The second-order valence-corrected chi connectivity index (χ2v) is 5.65. The van der Waals surface area contributed by atoms with Gasteiger partial charge in [0.25, 0.3) is 0 Å². The number of urea groups is 1. The Kier molecular flexibility index (Phi) is 4.08. The summed E-state index contributed by atoms with van der Waals surface area (Å²) in [7, 11) is 0. The van der Waals surface area contributed by atoms with E-state index in [-0.39, 0.29) is 5.75 Å². The topological polar surface area (TPSA) is 75.4 Å². The van der Waals surface area contributed by atoms with Gasteiger partial charge < -0.3 is 16.2 Å². The van der Waals surface area contributed by atoms with Crippen LogP contribution < -0.4 is 11.1 Å². The summed E-state index contributed by atoms with van der Waals surface area (Å²) >= 11 is 5.93. The lowest BCUT2D eigenvalue weighted by Crippen LogP contribution is -2.34. The maximum Gasteiger partial charge on any atom is 0.312 e. The second-order valence-electron chi connectivity index (χ2n) is 5.21. The quantitative estimate of drug-likeness (QED) is 0.681. The average molecular weight is 327 g/mol. The fourth-order valence-corrected chi connectivity index (χ4v) is 2.83. The number of amides is 2. The Bertz CT molecular complexity index is 863. The molecule has 5 heteroatoms. The first-order valence-corrected chi connectivity index (χ1v) is 7.46. The number of phenols is 1. The summed E-state index contributed by atoms with van der Waals surface area (Å²) in [6.45, 7) is 0. The lowest BCUT2D eigenvalue weighted by molar-refractivity contribution is 0.247. The Morgan fingerprint density at radius 3 is 2.43 bits per heavy atom. The first-order valence-electron chi connectivity index (χ1n) is 7.08. The molecule has 2 amide bonds. The number of benzene rings is 3. The summed E-state index contributed by atoms with van der Waals surface area (Å²) in [6.07, 6.45) is 0. The highest BCUT2D eigenvalue weighted by molar-refractivity contribution is 6.30. The number of primary amides is 1. The van der Waals surface area contributed by atoms with Gasteiger partial charge in [-0.3, -0.25) is 0 Å². The van der Waals surface area contributed by atoms with Gasteiger partial charge >= 0.3 is 6.03 Å². The molecule has 3 aromatic rings. The number of hydrogen-bond donors (Lipinski definition) is 3. The summed E-state index contributed by atoms with van der Waals surface area (Å²) in [4.78, 5) is 11.5. The van der Waals surface area contributed by atoms with Gasteiger partial charge in [-0.1, -0.05) is 54.1 Å². The van der Waals surface area contributed by atoms with Crippen molar-refractivity contribution in [1.82, 2.24) is 5.32 Å². The molecule has 0 radical (unpaired) electrons. The number of phenolic OH excluding ortho intramolecular Hbond substituents is 1. The highest BCUT2D eigenvalue weighted by Crippen LogP contribution is 2.36. The van der Waals surface area contributed by atoms with E-state index in [1.54, 1.807) is 30.3 Å². The van der Waals surface area contributed by atoms with Gasteiger partial charge in [0.05, 0.1) is 6.04 Å². The predicted octanol–water partition coefficient (Wildman–Crippen LogP) is 3.96. The van der Waals surface area contributed by atoms with Crippen molar-refractivity contribution in [2.45, 2.75) is 6.04 Å². The summed E-state index contributed by atoms with van der Waals surface area (Å²) in [5.41, 5.74) is 6.71. The Labute approximate surface area is 138 Å². The monoisotopic (exact) mass is 326 g/mol. The molecule has 3 rings (SSSR count). The molecule has 0 heterocycles. The lowest BCUT2D eigenvalue weighted by Gasteiger charge is -2.21. The van der Waals surface area contributed by atoms with Crippen LogP contribution in [0.25, 0.3) is 10.8 Å². The van der Waals surface area contributed by atoms with Crippen LogP contribution in [0, 0.1) is 0 Å². The number of aromatic hydroxyl groups is 1. The number of rotatable bonds is 3. The summed E-state index contributed by atoms with van der Waals surface area (Å²) < 4.78 is 0. The maximum atomic E-state index is 11.5. The van der Waals surface area contributed by atoms with Crippen LogP contribution in [0.5, 0.6) is 5.75 Å². The smallest absolute Gasteiger partial charge is 0.312 e. The molecule has 0 saturated heterocycles. The standard InChI is InChI=1S/C18H15ClN2O2/c19-13-8-5-12(6-9-13)17(21-18(20)23)16-14-4-2-1-3-11(14)7-10-15(16)22/h1-10,17,22H,(H3,20,21,23). The van der Waals surface area contributed by atoms with Gasteiger partial charge in [0.15, 0.2) is 0 Å². The zero-order chi connectivity index (χ0) is 16.4. The summed E-state index contributed by atoms with van der Waals surface area (Å²) in [5.74, 6) is 0.0948. The molecule has 3 aromatic carbocycles. The van der Waals surface area contributed by atoms with Crippen molar-refractivity contribution < 1.29 is 9.90 Å². The molecule has 0 bridgehead atoms. The van der Waals surface area contributed by atoms with Crippen LogP contribution in [0.4, 0.5) is 4.79 Å². The van der Waals surface area contributed by atoms with Crippen LogP contribution in [0.15, 0.2) is 60.7 Å². The Morgan fingerprint density at radius 1 is 1.04 bits per heavy atom. The molecule has 1 atom stereocenters. The largest absolute Gasteiger partial charge is 0.508 e. The van der Waals surface area contributed by atoms with E-state index in [9.17, 15) is 9.90 Å². The molecule has 116 valence electrons. The van der Waals surface area contributed by atoms with E-state index in [4.69, 9.17) is 17.3 Å². The fraction of sp³-hybridized carbons (Fsp3) is 0.0556. The molecule has 0 spiro atoms. The Balaban J connectivity index is 2.22. The third-order valence-electron chi connectivity index (χ3n) is 3.73. The third kappa shape index (κ3) is 3.07. The second kappa shape index (κ2) is 6.18. The van der Waals surface area contributed by atoms with Gasteiger partial charge in [0.2, 0.25) is 0 Å². The van der Waals surface area contributed by atoms with Crippen molar-refractivity contribution in [3.8, 4) is 5.75 Å². The summed E-state index contributed by atoms with van der Waals surface area (Å²) in [5, 5.41) is 15.5. The number of hydrogen-bond acceptors (Lipinski definition) is 2. The molecule has 4 nitrogen and oxygen atoms in total. The number of nitrogens with two attached hydrogens (primary N) is 1. The van der Waals surface area contributed by atoms with Gasteiger partial charge in [-0.05, 0) is 34.5 Å². The van der Waals surface area contributed by atoms with Crippen LogP contribution in [0.2, 0.25) is 5.02 Å². The van der Waals surface area contributed by atoms with Gasteiger partial charge in [-0.15, -0.1) is 0 Å². The summed E-state index contributed by atoms with van der Waals surface area (Å²) in [6, 6.07) is 16.9. The predicted molar refractivity (Wildman–Crippen MR) is 91.6 cm³/mol. The maximum absolute atomic E-state index is 11.5. The molecule has 0 aliphatic rings. The normalized spacial score (nSPS) is 12.0. The average Bonchev–Trinajstić information content (AvgIpc) is 2.54. The van der Waals surface area contributed by atoms with Crippen molar-refractivity contribution in [3.63, 3.8) is 0 Å². The zero-order valence-corrected chi connectivity index (χ0v) is 12.9. The highest BCUT2D eigenvalue weighted by Gasteiger charge is 2.21. The number of halogens is 1. The van der Waals surface area contributed by atoms with Crippen molar-refractivity contribution in [3.05, 3.63) is 76.8 Å². The molecule has 0 fully saturated rings. The van der Waals surface area contributed by atoms with E-state index in [1.807, 2.05) is 30.3 Å². The van der Waals surface area contributed by atoms with E-state index in [2.05, 4.69) is 5.32 Å².